The minimum absolute atomic E-state index is 0. The third-order valence-electron chi connectivity index (χ3n) is 5.28. The molecule has 3 fully saturated rings. The van der Waals surface area contributed by atoms with Crippen LogP contribution in [0.1, 0.15) is 44.9 Å². The van der Waals surface area contributed by atoms with E-state index in [1.54, 1.807) is 0 Å². The second-order valence-corrected chi connectivity index (χ2v) is 6.65. The number of hydrogen-bond donors (Lipinski definition) is 1. The number of carbonyl (C=O) groups is 1. The zero-order valence-electron chi connectivity index (χ0n) is 11.9. The van der Waals surface area contributed by atoms with Crippen LogP contribution >= 0.6 is 12.4 Å². The van der Waals surface area contributed by atoms with Crippen LogP contribution in [0.25, 0.3) is 0 Å². The van der Waals surface area contributed by atoms with Crippen molar-refractivity contribution in [3.8, 4) is 0 Å². The first-order valence-electron chi connectivity index (χ1n) is 7.69. The van der Waals surface area contributed by atoms with E-state index in [9.17, 15) is 4.79 Å². The molecule has 0 aliphatic heterocycles. The average Bonchev–Trinajstić information content (AvgIpc) is 3.30. The molecule has 0 radical (unpaired) electrons. The van der Waals surface area contributed by atoms with Gasteiger partial charge in [0.15, 0.2) is 0 Å². The summed E-state index contributed by atoms with van der Waals surface area (Å²) in [7, 11) is 2.05. The summed E-state index contributed by atoms with van der Waals surface area (Å²) in [5.74, 6) is 2.68. The number of amides is 1. The largest absolute Gasteiger partial charge is 0.342 e. The zero-order valence-corrected chi connectivity index (χ0v) is 12.7. The van der Waals surface area contributed by atoms with Crippen molar-refractivity contribution < 1.29 is 4.79 Å². The number of rotatable bonds is 5. The van der Waals surface area contributed by atoms with Crippen molar-refractivity contribution in [1.82, 2.24) is 4.90 Å². The molecule has 2 N–H and O–H groups in total. The fourth-order valence-corrected chi connectivity index (χ4v) is 3.95. The molecule has 3 aliphatic carbocycles. The topological polar surface area (TPSA) is 46.3 Å². The van der Waals surface area contributed by atoms with Gasteiger partial charge in [-0.25, -0.2) is 0 Å². The first-order valence-corrected chi connectivity index (χ1v) is 7.69. The van der Waals surface area contributed by atoms with E-state index < -0.39 is 0 Å². The molecule has 1 amide bonds. The normalized spacial score (nSPS) is 30.3. The lowest BCUT2D eigenvalue weighted by Crippen LogP contribution is -2.44. The van der Waals surface area contributed by atoms with E-state index in [4.69, 9.17) is 5.73 Å². The quantitative estimate of drug-likeness (QED) is 0.844. The summed E-state index contributed by atoms with van der Waals surface area (Å²) in [4.78, 5) is 14.8. The average molecular weight is 287 g/mol. The van der Waals surface area contributed by atoms with Gasteiger partial charge < -0.3 is 10.6 Å². The van der Waals surface area contributed by atoms with Crippen molar-refractivity contribution in [2.24, 2.45) is 29.4 Å². The highest BCUT2D eigenvalue weighted by atomic mass is 35.5. The van der Waals surface area contributed by atoms with Gasteiger partial charge in [-0.1, -0.05) is 6.42 Å². The van der Waals surface area contributed by atoms with E-state index in [-0.39, 0.29) is 18.3 Å². The fourth-order valence-electron chi connectivity index (χ4n) is 3.95. The molecule has 110 valence electrons. The lowest BCUT2D eigenvalue weighted by atomic mass is 9.93. The lowest BCUT2D eigenvalue weighted by molar-refractivity contribution is -0.138. The van der Waals surface area contributed by atoms with Crippen LogP contribution in [0.2, 0.25) is 0 Å². The zero-order chi connectivity index (χ0) is 12.7. The Bertz CT molecular complexity index is 316. The van der Waals surface area contributed by atoms with Crippen LogP contribution in [0.5, 0.6) is 0 Å². The predicted molar refractivity (Wildman–Crippen MR) is 79.1 cm³/mol. The molecular weight excluding hydrogens is 260 g/mol. The molecule has 2 atom stereocenters. The summed E-state index contributed by atoms with van der Waals surface area (Å²) in [5.41, 5.74) is 5.81. The molecule has 0 aromatic rings. The molecule has 0 bridgehead atoms. The Hall–Kier alpha value is -0.280. The smallest absolute Gasteiger partial charge is 0.226 e. The lowest BCUT2D eigenvalue weighted by Gasteiger charge is -2.32. The monoisotopic (exact) mass is 286 g/mol. The standard InChI is InChI=1S/C15H26N2O.ClH/c1-17(14(10-5-6-10)11-7-8-11)15(18)13-4-2-3-12(13)9-16;/h10-14H,2-9,16H2,1H3;1H/t12-,13-;/m1./s1. The van der Waals surface area contributed by atoms with Gasteiger partial charge in [-0.05, 0) is 62.8 Å². The Kier molecular flexibility index (Phi) is 4.78. The molecule has 19 heavy (non-hydrogen) atoms. The molecule has 0 heterocycles. The minimum Gasteiger partial charge on any atom is -0.342 e. The molecule has 3 saturated carbocycles. The second-order valence-electron chi connectivity index (χ2n) is 6.65. The number of halogens is 1. The third kappa shape index (κ3) is 3.08. The number of carbonyl (C=O) groups excluding carboxylic acids is 1. The Balaban J connectivity index is 0.00000133. The summed E-state index contributed by atoms with van der Waals surface area (Å²) in [6.07, 6.45) is 8.75. The van der Waals surface area contributed by atoms with Gasteiger partial charge in [0.1, 0.15) is 0 Å². The van der Waals surface area contributed by atoms with Crippen molar-refractivity contribution >= 4 is 18.3 Å². The third-order valence-corrected chi connectivity index (χ3v) is 5.28. The van der Waals surface area contributed by atoms with Crippen LogP contribution in [0, 0.1) is 23.7 Å². The van der Waals surface area contributed by atoms with Crippen molar-refractivity contribution in [1.29, 1.82) is 0 Å². The van der Waals surface area contributed by atoms with Crippen molar-refractivity contribution in [2.45, 2.75) is 51.0 Å². The molecule has 3 rings (SSSR count). The van der Waals surface area contributed by atoms with Crippen LogP contribution < -0.4 is 5.73 Å². The van der Waals surface area contributed by atoms with Crippen molar-refractivity contribution in [3.05, 3.63) is 0 Å². The maximum absolute atomic E-state index is 12.7. The van der Waals surface area contributed by atoms with Crippen LogP contribution in [-0.2, 0) is 4.79 Å². The van der Waals surface area contributed by atoms with Gasteiger partial charge in [0.05, 0.1) is 0 Å². The second kappa shape index (κ2) is 6.01. The Morgan fingerprint density at radius 2 is 1.74 bits per heavy atom. The first-order chi connectivity index (χ1) is 8.72. The summed E-state index contributed by atoms with van der Waals surface area (Å²) >= 11 is 0. The molecule has 0 aromatic carbocycles. The van der Waals surface area contributed by atoms with E-state index >= 15 is 0 Å². The van der Waals surface area contributed by atoms with Crippen LogP contribution in [0.4, 0.5) is 0 Å². The molecule has 3 aliphatic rings. The molecular formula is C15H27ClN2O. The van der Waals surface area contributed by atoms with Crippen LogP contribution in [0.3, 0.4) is 0 Å². The van der Waals surface area contributed by atoms with Gasteiger partial charge in [-0.15, -0.1) is 12.4 Å². The van der Waals surface area contributed by atoms with Gasteiger partial charge >= 0.3 is 0 Å². The maximum atomic E-state index is 12.7. The molecule has 0 spiro atoms. The van der Waals surface area contributed by atoms with Crippen molar-refractivity contribution in [3.63, 3.8) is 0 Å². The van der Waals surface area contributed by atoms with Gasteiger partial charge in [0, 0.05) is 19.0 Å². The summed E-state index contributed by atoms with van der Waals surface area (Å²) in [6, 6.07) is 0.552. The summed E-state index contributed by atoms with van der Waals surface area (Å²) in [5, 5.41) is 0. The number of nitrogens with zero attached hydrogens (tertiary/aromatic N) is 1. The van der Waals surface area contributed by atoms with E-state index in [0.29, 0.717) is 24.4 Å². The Morgan fingerprint density at radius 3 is 2.21 bits per heavy atom. The molecule has 0 aromatic heterocycles. The maximum Gasteiger partial charge on any atom is 0.226 e. The van der Waals surface area contributed by atoms with Crippen LogP contribution in [-0.4, -0.2) is 30.4 Å². The van der Waals surface area contributed by atoms with Gasteiger partial charge in [-0.3, -0.25) is 4.79 Å². The number of nitrogens with two attached hydrogens (primary N) is 1. The molecule has 4 heteroatoms. The van der Waals surface area contributed by atoms with Gasteiger partial charge in [0.25, 0.3) is 0 Å². The van der Waals surface area contributed by atoms with Gasteiger partial charge in [0.2, 0.25) is 5.91 Å². The number of hydrogen-bond acceptors (Lipinski definition) is 2. The summed E-state index contributed by atoms with van der Waals surface area (Å²) in [6.45, 7) is 0.682. The highest BCUT2D eigenvalue weighted by Gasteiger charge is 2.46. The molecule has 3 nitrogen and oxygen atoms in total. The molecule has 0 unspecified atom stereocenters. The Labute approximate surface area is 122 Å². The van der Waals surface area contributed by atoms with Crippen molar-refractivity contribution in [2.75, 3.05) is 13.6 Å². The van der Waals surface area contributed by atoms with E-state index in [2.05, 4.69) is 11.9 Å². The van der Waals surface area contributed by atoms with Crippen LogP contribution in [0.15, 0.2) is 0 Å². The summed E-state index contributed by atoms with van der Waals surface area (Å²) < 4.78 is 0. The molecule has 0 saturated heterocycles. The van der Waals surface area contributed by atoms with E-state index in [1.165, 1.54) is 32.1 Å². The minimum atomic E-state index is 0. The van der Waals surface area contributed by atoms with Gasteiger partial charge in [-0.2, -0.15) is 0 Å². The van der Waals surface area contributed by atoms with E-state index in [1.807, 2.05) is 0 Å². The van der Waals surface area contributed by atoms with E-state index in [0.717, 1.165) is 24.7 Å². The fraction of sp³-hybridized carbons (Fsp3) is 0.933. The SMILES string of the molecule is CN(C(=O)[C@@H]1CCC[C@@H]1CN)C(C1CC1)C1CC1.Cl. The highest BCUT2D eigenvalue weighted by Crippen LogP contribution is 2.47. The Morgan fingerprint density at radius 1 is 1.16 bits per heavy atom. The first kappa shape index (κ1) is 15.1. The highest BCUT2D eigenvalue weighted by molar-refractivity contribution is 5.85. The predicted octanol–water partition coefficient (Wildman–Crippen LogP) is 2.43.